The maximum atomic E-state index is 6.29. The van der Waals surface area contributed by atoms with Gasteiger partial charge in [0.25, 0.3) is 0 Å². The zero-order valence-corrected chi connectivity index (χ0v) is 14.2. The molecule has 1 atom stereocenters. The number of hydrogen-bond acceptors (Lipinski definition) is 3. The number of nitrogens with one attached hydrogen (secondary N) is 1. The highest BCUT2D eigenvalue weighted by molar-refractivity contribution is 7.13. The van der Waals surface area contributed by atoms with E-state index in [-0.39, 0.29) is 11.5 Å². The molecule has 4 heteroatoms. The fourth-order valence-corrected chi connectivity index (χ4v) is 4.43. The van der Waals surface area contributed by atoms with Gasteiger partial charge < -0.3 is 5.32 Å². The maximum Gasteiger partial charge on any atom is 0.0779 e. The molecule has 2 aromatic rings. The van der Waals surface area contributed by atoms with Gasteiger partial charge in [-0.25, -0.2) is 0 Å². The Balaban J connectivity index is 2.35. The van der Waals surface area contributed by atoms with Crippen molar-refractivity contribution in [3.8, 4) is 0 Å². The predicted molar refractivity (Wildman–Crippen MR) is 87.9 cm³/mol. The molecule has 1 unspecified atom stereocenters. The molecule has 0 bridgehead atoms. The Morgan fingerprint density at radius 3 is 2.47 bits per heavy atom. The van der Waals surface area contributed by atoms with Crippen molar-refractivity contribution in [3.63, 3.8) is 0 Å². The van der Waals surface area contributed by atoms with Crippen LogP contribution in [0.25, 0.3) is 0 Å². The van der Waals surface area contributed by atoms with E-state index >= 15 is 0 Å². The lowest BCUT2D eigenvalue weighted by molar-refractivity contribution is 0.604. The summed E-state index contributed by atoms with van der Waals surface area (Å²) in [6.07, 6.45) is 0. The second-order valence-corrected chi connectivity index (χ2v) is 8.05. The zero-order valence-electron chi connectivity index (χ0n) is 11.8. The first-order valence-electron chi connectivity index (χ1n) is 6.50. The summed E-state index contributed by atoms with van der Waals surface area (Å²) in [5.74, 6) is 0. The summed E-state index contributed by atoms with van der Waals surface area (Å²) >= 11 is 9.89. The summed E-state index contributed by atoms with van der Waals surface area (Å²) in [4.78, 5) is 3.97. The molecule has 104 valence electrons. The second-order valence-electron chi connectivity index (χ2n) is 5.58. The van der Waals surface area contributed by atoms with Gasteiger partial charge >= 0.3 is 0 Å². The molecule has 1 N–H and O–H groups in total. The average Bonchev–Trinajstić information content (AvgIpc) is 2.94. The van der Waals surface area contributed by atoms with Crippen molar-refractivity contribution < 1.29 is 0 Å². The molecule has 0 amide bonds. The third-order valence-electron chi connectivity index (χ3n) is 2.97. The van der Waals surface area contributed by atoms with Gasteiger partial charge in [-0.2, -0.15) is 0 Å². The second kappa shape index (κ2) is 5.96. The molecule has 0 aliphatic heterocycles. The first kappa shape index (κ1) is 15.0. The van der Waals surface area contributed by atoms with Gasteiger partial charge in [-0.1, -0.05) is 39.3 Å². The highest BCUT2D eigenvalue weighted by Gasteiger charge is 2.22. The van der Waals surface area contributed by atoms with E-state index in [1.807, 2.05) is 17.4 Å². The molecule has 0 saturated carbocycles. The molecule has 19 heavy (non-hydrogen) atoms. The highest BCUT2D eigenvalue weighted by atomic mass is 35.5. The molecule has 2 aromatic heterocycles. The number of thiophene rings is 2. The van der Waals surface area contributed by atoms with Crippen LogP contribution in [-0.4, -0.2) is 6.54 Å². The first-order valence-corrected chi connectivity index (χ1v) is 8.57. The monoisotopic (exact) mass is 313 g/mol. The van der Waals surface area contributed by atoms with E-state index in [2.05, 4.69) is 50.5 Å². The van der Waals surface area contributed by atoms with Crippen molar-refractivity contribution in [2.24, 2.45) is 0 Å². The predicted octanol–water partition coefficient (Wildman–Crippen LogP) is 5.46. The van der Waals surface area contributed by atoms with Gasteiger partial charge in [-0.05, 0) is 35.5 Å². The summed E-state index contributed by atoms with van der Waals surface area (Å²) in [5.41, 5.74) is 0.207. The Labute approximate surface area is 128 Å². The summed E-state index contributed by atoms with van der Waals surface area (Å²) < 4.78 is 0. The van der Waals surface area contributed by atoms with Crippen molar-refractivity contribution in [2.45, 2.75) is 39.2 Å². The smallest absolute Gasteiger partial charge is 0.0779 e. The molecule has 0 spiro atoms. The molecule has 0 fully saturated rings. The molecule has 0 aromatic carbocycles. The van der Waals surface area contributed by atoms with E-state index in [4.69, 9.17) is 11.6 Å². The van der Waals surface area contributed by atoms with E-state index in [0.717, 1.165) is 11.6 Å². The van der Waals surface area contributed by atoms with E-state index in [1.54, 1.807) is 11.3 Å². The van der Waals surface area contributed by atoms with E-state index in [0.29, 0.717) is 0 Å². The largest absolute Gasteiger partial charge is 0.305 e. The van der Waals surface area contributed by atoms with Gasteiger partial charge in [0.2, 0.25) is 0 Å². The Bertz CT molecular complexity index is 536. The van der Waals surface area contributed by atoms with Gasteiger partial charge in [-0.3, -0.25) is 0 Å². The number of hydrogen-bond donors (Lipinski definition) is 1. The Morgan fingerprint density at radius 2 is 2.00 bits per heavy atom. The molecule has 0 aliphatic carbocycles. The molecule has 0 aliphatic rings. The zero-order chi connectivity index (χ0) is 14.0. The minimum atomic E-state index is 0.207. The quantitative estimate of drug-likeness (QED) is 0.790. The van der Waals surface area contributed by atoms with Crippen LogP contribution in [0.5, 0.6) is 0 Å². The Kier molecular flexibility index (Phi) is 4.72. The lowest BCUT2D eigenvalue weighted by atomic mass is 9.95. The molecule has 1 nitrogen and oxygen atoms in total. The van der Waals surface area contributed by atoms with Crippen LogP contribution in [0.2, 0.25) is 5.02 Å². The highest BCUT2D eigenvalue weighted by Crippen LogP contribution is 2.38. The van der Waals surface area contributed by atoms with Gasteiger partial charge in [-0.15, -0.1) is 22.7 Å². The van der Waals surface area contributed by atoms with Gasteiger partial charge in [0.1, 0.15) is 0 Å². The van der Waals surface area contributed by atoms with Gasteiger partial charge in [0.15, 0.2) is 0 Å². The van der Waals surface area contributed by atoms with Crippen LogP contribution in [0.15, 0.2) is 23.6 Å². The summed E-state index contributed by atoms with van der Waals surface area (Å²) in [6.45, 7) is 9.82. The molecule has 0 saturated heterocycles. The van der Waals surface area contributed by atoms with Crippen LogP contribution in [-0.2, 0) is 5.41 Å². The fourth-order valence-electron chi connectivity index (χ4n) is 1.95. The van der Waals surface area contributed by atoms with Crippen LogP contribution in [0.4, 0.5) is 0 Å². The van der Waals surface area contributed by atoms with Crippen LogP contribution in [0, 0.1) is 0 Å². The standard InChI is InChI=1S/C15H20ClNS2/c1-5-17-13(14-10(16)8-9-18-14)11-6-7-12(19-11)15(2,3)4/h6-9,13,17H,5H2,1-4H3. The van der Waals surface area contributed by atoms with E-state index < -0.39 is 0 Å². The molecular formula is C15H20ClNS2. The molecule has 2 heterocycles. The number of rotatable bonds is 4. The van der Waals surface area contributed by atoms with Gasteiger partial charge in [0, 0.05) is 14.6 Å². The van der Waals surface area contributed by atoms with Crippen molar-refractivity contribution >= 4 is 34.3 Å². The third-order valence-corrected chi connectivity index (χ3v) is 5.96. The number of halogens is 1. The van der Waals surface area contributed by atoms with Crippen LogP contribution < -0.4 is 5.32 Å². The lowest BCUT2D eigenvalue weighted by Gasteiger charge is -2.17. The van der Waals surface area contributed by atoms with E-state index in [9.17, 15) is 0 Å². The Morgan fingerprint density at radius 1 is 1.26 bits per heavy atom. The summed E-state index contributed by atoms with van der Waals surface area (Å²) in [5, 5.41) is 6.46. The van der Waals surface area contributed by atoms with Gasteiger partial charge in [0.05, 0.1) is 11.1 Å². The fraction of sp³-hybridized carbons (Fsp3) is 0.467. The Hall–Kier alpha value is -0.350. The minimum absolute atomic E-state index is 0.207. The van der Waals surface area contributed by atoms with Crippen molar-refractivity contribution in [3.05, 3.63) is 43.2 Å². The third kappa shape index (κ3) is 3.40. The minimum Gasteiger partial charge on any atom is -0.305 e. The average molecular weight is 314 g/mol. The molecular weight excluding hydrogens is 294 g/mol. The summed E-state index contributed by atoms with van der Waals surface area (Å²) in [6, 6.07) is 6.67. The van der Waals surface area contributed by atoms with Crippen molar-refractivity contribution in [2.75, 3.05) is 6.54 Å². The van der Waals surface area contributed by atoms with Crippen LogP contribution in [0.1, 0.15) is 48.4 Å². The SMILES string of the molecule is CCNC(c1ccc(C(C)(C)C)s1)c1sccc1Cl. The van der Waals surface area contributed by atoms with Crippen LogP contribution >= 0.6 is 34.3 Å². The van der Waals surface area contributed by atoms with Crippen molar-refractivity contribution in [1.29, 1.82) is 0 Å². The summed E-state index contributed by atoms with van der Waals surface area (Å²) in [7, 11) is 0. The topological polar surface area (TPSA) is 12.0 Å². The first-order chi connectivity index (χ1) is 8.93. The van der Waals surface area contributed by atoms with Crippen molar-refractivity contribution in [1.82, 2.24) is 5.32 Å². The van der Waals surface area contributed by atoms with E-state index in [1.165, 1.54) is 14.6 Å². The molecule has 2 rings (SSSR count). The molecule has 0 radical (unpaired) electrons. The lowest BCUT2D eigenvalue weighted by Crippen LogP contribution is -2.20. The van der Waals surface area contributed by atoms with Crippen LogP contribution in [0.3, 0.4) is 0 Å². The maximum absolute atomic E-state index is 6.29. The normalized spacial score (nSPS) is 13.7.